The molecule has 0 unspecified atom stereocenters. The fourth-order valence-corrected chi connectivity index (χ4v) is 2.90. The zero-order valence-corrected chi connectivity index (χ0v) is 16.6. The topological polar surface area (TPSA) is 111 Å². The maximum Gasteiger partial charge on any atom is 0.346 e. The van der Waals surface area contributed by atoms with Crippen LogP contribution < -0.4 is 9.30 Å². The molecule has 0 aliphatic rings. The Morgan fingerprint density at radius 3 is 2.46 bits per heavy atom. The van der Waals surface area contributed by atoms with Gasteiger partial charge in [-0.3, -0.25) is 4.18 Å². The lowest BCUT2D eigenvalue weighted by Gasteiger charge is -1.98. The molecule has 0 fully saturated rings. The van der Waals surface area contributed by atoms with Crippen LogP contribution in [0.2, 0.25) is 0 Å². The molecule has 0 atom stereocenters. The van der Waals surface area contributed by atoms with E-state index < -0.39 is 10.4 Å². The molecule has 148 valence electrons. The van der Waals surface area contributed by atoms with Gasteiger partial charge in [-0.2, -0.15) is 0 Å². The van der Waals surface area contributed by atoms with Crippen molar-refractivity contribution in [2.75, 3.05) is 14.2 Å². The van der Waals surface area contributed by atoms with Gasteiger partial charge in [0.2, 0.25) is 10.4 Å². The molecule has 0 N–H and O–H groups in total. The van der Waals surface area contributed by atoms with Crippen LogP contribution in [-0.2, 0) is 28.7 Å². The van der Waals surface area contributed by atoms with Crippen molar-refractivity contribution in [1.82, 2.24) is 9.55 Å². The van der Waals surface area contributed by atoms with E-state index in [1.54, 1.807) is 7.11 Å². The SMILES string of the molecule is COS(=O)(=O)[O-].COc1ccc2nc(-c3n(C)c4ccccc4[n+]3C)oc2c1. The summed E-state index contributed by atoms with van der Waals surface area (Å²) in [5.74, 6) is 2.29. The average Bonchev–Trinajstić information content (AvgIpc) is 3.20. The van der Waals surface area contributed by atoms with Crippen LogP contribution in [0.15, 0.2) is 46.9 Å². The van der Waals surface area contributed by atoms with Crippen LogP contribution in [0.1, 0.15) is 0 Å². The van der Waals surface area contributed by atoms with Gasteiger partial charge < -0.3 is 13.7 Å². The Kier molecular flexibility index (Phi) is 5.36. The van der Waals surface area contributed by atoms with Crippen LogP contribution in [-0.4, -0.2) is 36.7 Å². The molecule has 0 aliphatic heterocycles. The molecule has 10 heteroatoms. The lowest BCUT2D eigenvalue weighted by molar-refractivity contribution is -0.634. The van der Waals surface area contributed by atoms with Gasteiger partial charge in [-0.05, 0) is 24.3 Å². The summed E-state index contributed by atoms with van der Waals surface area (Å²) in [5, 5.41) is 0. The summed E-state index contributed by atoms with van der Waals surface area (Å²) < 4.78 is 46.4. The maximum atomic E-state index is 9.22. The predicted octanol–water partition coefficient (Wildman–Crippen LogP) is 1.91. The van der Waals surface area contributed by atoms with Gasteiger partial charge >= 0.3 is 11.7 Å². The number of hydrogen-bond donors (Lipinski definition) is 0. The van der Waals surface area contributed by atoms with Gasteiger partial charge in [0.1, 0.15) is 11.3 Å². The summed E-state index contributed by atoms with van der Waals surface area (Å²) in [7, 11) is 2.08. The van der Waals surface area contributed by atoms with E-state index in [0.29, 0.717) is 5.89 Å². The summed E-state index contributed by atoms with van der Waals surface area (Å²) in [4.78, 5) is 4.61. The molecule has 0 aliphatic carbocycles. The van der Waals surface area contributed by atoms with Gasteiger partial charge in [0.15, 0.2) is 16.6 Å². The summed E-state index contributed by atoms with van der Waals surface area (Å²) in [6.07, 6.45) is 0. The molecular formula is C18H19N3O6S. The molecule has 28 heavy (non-hydrogen) atoms. The normalized spacial score (nSPS) is 11.5. The summed E-state index contributed by atoms with van der Waals surface area (Å²) >= 11 is 0. The number of para-hydroxylation sites is 2. The highest BCUT2D eigenvalue weighted by Crippen LogP contribution is 2.27. The first-order chi connectivity index (χ1) is 13.2. The highest BCUT2D eigenvalue weighted by molar-refractivity contribution is 7.80. The largest absolute Gasteiger partial charge is 0.726 e. The van der Waals surface area contributed by atoms with Gasteiger partial charge in [-0.1, -0.05) is 12.1 Å². The van der Waals surface area contributed by atoms with E-state index in [-0.39, 0.29) is 0 Å². The minimum absolute atomic E-state index is 0.601. The van der Waals surface area contributed by atoms with Crippen molar-refractivity contribution < 1.29 is 30.9 Å². The number of fused-ring (bicyclic) bond motifs is 2. The van der Waals surface area contributed by atoms with Crippen LogP contribution >= 0.6 is 0 Å². The smallest absolute Gasteiger partial charge is 0.346 e. The van der Waals surface area contributed by atoms with Gasteiger partial charge in [-0.25, -0.2) is 22.5 Å². The summed E-state index contributed by atoms with van der Waals surface area (Å²) in [5.41, 5.74) is 3.82. The lowest BCUT2D eigenvalue weighted by Crippen LogP contribution is -2.30. The second kappa shape index (κ2) is 7.58. The molecule has 2 aromatic heterocycles. The number of aryl methyl sites for hydroxylation is 2. The van der Waals surface area contributed by atoms with Gasteiger partial charge in [0, 0.05) is 6.07 Å². The van der Waals surface area contributed by atoms with E-state index >= 15 is 0 Å². The summed E-state index contributed by atoms with van der Waals surface area (Å²) in [6, 6.07) is 13.9. The van der Waals surface area contributed by atoms with E-state index in [0.717, 1.165) is 40.8 Å². The average molecular weight is 405 g/mol. The zero-order valence-electron chi connectivity index (χ0n) is 15.7. The van der Waals surface area contributed by atoms with Crippen molar-refractivity contribution in [2.24, 2.45) is 14.1 Å². The molecule has 4 aromatic rings. The van der Waals surface area contributed by atoms with Gasteiger partial charge in [0.05, 0.1) is 28.3 Å². The first kappa shape index (κ1) is 19.8. The number of rotatable bonds is 3. The van der Waals surface area contributed by atoms with Gasteiger partial charge in [0.25, 0.3) is 0 Å². The molecule has 0 saturated carbocycles. The van der Waals surface area contributed by atoms with Gasteiger partial charge in [-0.15, -0.1) is 0 Å². The third kappa shape index (κ3) is 3.84. The number of methoxy groups -OCH3 is 1. The number of oxazole rings is 1. The number of aromatic nitrogens is 3. The molecule has 0 bridgehead atoms. The van der Waals surface area contributed by atoms with E-state index in [2.05, 4.69) is 30.4 Å². The molecule has 0 saturated heterocycles. The van der Waals surface area contributed by atoms with Crippen LogP contribution in [0.3, 0.4) is 0 Å². The Bertz CT molecular complexity index is 1200. The van der Waals surface area contributed by atoms with E-state index in [1.165, 1.54) is 0 Å². The van der Waals surface area contributed by atoms with Crippen molar-refractivity contribution in [3.8, 4) is 17.5 Å². The first-order valence-electron chi connectivity index (χ1n) is 8.15. The lowest BCUT2D eigenvalue weighted by atomic mass is 10.3. The van der Waals surface area contributed by atoms with Crippen molar-refractivity contribution in [3.63, 3.8) is 0 Å². The van der Waals surface area contributed by atoms with Crippen molar-refractivity contribution in [2.45, 2.75) is 0 Å². The van der Waals surface area contributed by atoms with Crippen molar-refractivity contribution in [3.05, 3.63) is 42.5 Å². The van der Waals surface area contributed by atoms with Crippen molar-refractivity contribution >= 4 is 32.5 Å². The highest BCUT2D eigenvalue weighted by atomic mass is 32.3. The van der Waals surface area contributed by atoms with Crippen LogP contribution in [0.5, 0.6) is 5.75 Å². The highest BCUT2D eigenvalue weighted by Gasteiger charge is 2.26. The zero-order chi connectivity index (χ0) is 20.5. The minimum Gasteiger partial charge on any atom is -0.726 e. The van der Waals surface area contributed by atoms with Crippen LogP contribution in [0.4, 0.5) is 0 Å². The third-order valence-electron chi connectivity index (χ3n) is 4.23. The van der Waals surface area contributed by atoms with Crippen LogP contribution in [0, 0.1) is 0 Å². The Balaban J connectivity index is 0.000000330. The van der Waals surface area contributed by atoms with E-state index in [4.69, 9.17) is 9.15 Å². The Hall–Kier alpha value is -2.95. The van der Waals surface area contributed by atoms with Crippen molar-refractivity contribution in [1.29, 1.82) is 0 Å². The summed E-state index contributed by atoms with van der Waals surface area (Å²) in [6.45, 7) is 0. The quantitative estimate of drug-likeness (QED) is 0.291. The number of ether oxygens (including phenoxy) is 1. The predicted molar refractivity (Wildman–Crippen MR) is 100 cm³/mol. The number of benzene rings is 2. The minimum atomic E-state index is -4.41. The van der Waals surface area contributed by atoms with E-state index in [9.17, 15) is 13.0 Å². The second-order valence-corrected chi connectivity index (χ2v) is 7.01. The maximum absolute atomic E-state index is 9.22. The molecule has 9 nitrogen and oxygen atoms in total. The third-order valence-corrected chi connectivity index (χ3v) is 4.64. The second-order valence-electron chi connectivity index (χ2n) is 5.86. The monoisotopic (exact) mass is 405 g/mol. The number of imidazole rings is 1. The Labute approximate surface area is 161 Å². The molecule has 0 radical (unpaired) electrons. The molecular weight excluding hydrogens is 386 g/mol. The fraction of sp³-hybridized carbons (Fsp3) is 0.222. The molecule has 2 aromatic carbocycles. The molecule has 2 heterocycles. The number of hydrogen-bond acceptors (Lipinski definition) is 7. The fourth-order valence-electron chi connectivity index (χ4n) is 2.90. The van der Waals surface area contributed by atoms with E-state index in [1.807, 2.05) is 44.4 Å². The number of nitrogens with zero attached hydrogens (tertiary/aromatic N) is 3. The van der Waals surface area contributed by atoms with Crippen LogP contribution in [0.25, 0.3) is 33.8 Å². The Morgan fingerprint density at radius 1 is 1.18 bits per heavy atom. The molecule has 0 amide bonds. The Morgan fingerprint density at radius 2 is 1.86 bits per heavy atom. The molecule has 0 spiro atoms. The first-order valence-corrected chi connectivity index (χ1v) is 9.48. The standard InChI is InChI=1S/C17H16N3O2.CH4O4S/c1-19-13-6-4-5-7-14(13)20(2)17(19)16-18-12-9-8-11(21-3)10-15(12)22-16;1-5-6(2,3)4/h4-10H,1-3H3;1H3,(H,2,3,4)/q+1;/p-1. The molecule has 4 rings (SSSR count).